The summed E-state index contributed by atoms with van der Waals surface area (Å²) >= 11 is 0. The van der Waals surface area contributed by atoms with E-state index in [1.165, 1.54) is 42.5 Å². The average Bonchev–Trinajstić information content (AvgIpc) is 2.53. The second-order valence-corrected chi connectivity index (χ2v) is 5.98. The molecule has 2 rings (SSSR count). The Morgan fingerprint density at radius 3 is 1.70 bits per heavy atom. The van der Waals surface area contributed by atoms with Crippen LogP contribution >= 0.6 is 7.82 Å². The number of nitrogens with two attached hydrogens (primary N) is 1. The molecule has 1 unspecified atom stereocenters. The fraction of sp³-hybridized carbons (Fsp3) is 0.133. The normalized spacial score (nSPS) is 13.8. The molecule has 0 aliphatic heterocycles. The smallest absolute Gasteiger partial charge is 0.466 e. The van der Waals surface area contributed by atoms with Crippen molar-refractivity contribution in [3.8, 4) is 11.5 Å². The summed E-state index contributed by atoms with van der Waals surface area (Å²) in [5, 5.41) is 26.6. The van der Waals surface area contributed by atoms with Crippen LogP contribution in [0.2, 0.25) is 0 Å². The predicted octanol–water partition coefficient (Wildman–Crippen LogP) is -0.626. The van der Waals surface area contributed by atoms with Crippen molar-refractivity contribution in [2.45, 2.75) is 12.5 Å². The molecule has 11 nitrogen and oxygen atoms in total. The van der Waals surface area contributed by atoms with Gasteiger partial charge in [0.1, 0.15) is 6.04 Å². The number of carboxylic acid groups (broad SMARTS) is 1. The largest absolute Gasteiger partial charge is 0.504 e. The van der Waals surface area contributed by atoms with Crippen LogP contribution in [0.25, 0.3) is 0 Å². The molecule has 0 saturated carbocycles. The number of carbonyl (C=O) groups excluding carboxylic acids is 2. The molecular formula is C15H18NO10P. The van der Waals surface area contributed by atoms with Crippen LogP contribution in [0, 0.1) is 0 Å². The molecule has 1 aromatic carbocycles. The highest BCUT2D eigenvalue weighted by atomic mass is 31.2. The molecule has 0 spiro atoms. The Labute approximate surface area is 152 Å². The maximum atomic E-state index is 10.4. The second-order valence-electron chi connectivity index (χ2n) is 4.96. The summed E-state index contributed by atoms with van der Waals surface area (Å²) in [5.74, 6) is -1.86. The molecule has 1 aliphatic rings. The lowest BCUT2D eigenvalue weighted by Crippen LogP contribution is -2.32. The third-order valence-electron chi connectivity index (χ3n) is 2.64. The van der Waals surface area contributed by atoms with Crippen molar-refractivity contribution in [3.63, 3.8) is 0 Å². The minimum atomic E-state index is -4.64. The van der Waals surface area contributed by atoms with E-state index in [1.54, 1.807) is 0 Å². The van der Waals surface area contributed by atoms with Crippen LogP contribution in [0.1, 0.15) is 5.56 Å². The number of benzene rings is 1. The molecule has 1 aliphatic carbocycles. The number of hydrogen-bond donors (Lipinski definition) is 7. The minimum Gasteiger partial charge on any atom is -0.504 e. The van der Waals surface area contributed by atoms with Crippen LogP contribution in [0.15, 0.2) is 42.5 Å². The van der Waals surface area contributed by atoms with Gasteiger partial charge >= 0.3 is 13.8 Å². The number of carbonyl (C=O) groups is 3. The number of allylic oxidation sites excluding steroid dienone is 4. The van der Waals surface area contributed by atoms with E-state index in [9.17, 15) is 14.4 Å². The number of phenols is 2. The standard InChI is InChI=1S/C9H11NO4.C6H4O2.H3O4P/c10-6(9(13)14)3-5-1-2-7(11)8(12)4-5;7-5-1-2-6(8)4-3-5;1-5(2,3)4/h1-2,4,6,11-12H,3,10H2,(H,13,14);1-4H;(H3,1,2,3,4). The highest BCUT2D eigenvalue weighted by molar-refractivity contribution is 7.45. The summed E-state index contributed by atoms with van der Waals surface area (Å²) in [7, 11) is -4.64. The number of carboxylic acids is 1. The van der Waals surface area contributed by atoms with Gasteiger partial charge in [-0.05, 0) is 48.4 Å². The van der Waals surface area contributed by atoms with Crippen molar-refractivity contribution in [2.24, 2.45) is 5.73 Å². The predicted molar refractivity (Wildman–Crippen MR) is 91.6 cm³/mol. The fourth-order valence-electron chi connectivity index (χ4n) is 1.48. The molecule has 0 saturated heterocycles. The fourth-order valence-corrected chi connectivity index (χ4v) is 1.48. The molecular weight excluding hydrogens is 385 g/mol. The van der Waals surface area contributed by atoms with Crippen molar-refractivity contribution in [2.75, 3.05) is 0 Å². The lowest BCUT2D eigenvalue weighted by atomic mass is 10.1. The molecule has 0 bridgehead atoms. The maximum absolute atomic E-state index is 10.4. The molecule has 0 amide bonds. The zero-order chi connectivity index (χ0) is 21.2. The first-order valence-electron chi connectivity index (χ1n) is 7.01. The Morgan fingerprint density at radius 1 is 0.963 bits per heavy atom. The van der Waals surface area contributed by atoms with Crippen molar-refractivity contribution >= 4 is 25.4 Å². The van der Waals surface area contributed by atoms with E-state index in [0.29, 0.717) is 5.56 Å². The highest BCUT2D eigenvalue weighted by Gasteiger charge is 2.12. The van der Waals surface area contributed by atoms with Gasteiger partial charge in [-0.1, -0.05) is 6.07 Å². The van der Waals surface area contributed by atoms with Crippen LogP contribution in [0.5, 0.6) is 11.5 Å². The third kappa shape index (κ3) is 13.1. The first kappa shape index (κ1) is 24.2. The van der Waals surface area contributed by atoms with Gasteiger partial charge in [-0.25, -0.2) is 4.57 Å². The summed E-state index contributed by atoms with van der Waals surface area (Å²) in [6.07, 6.45) is 5.12. The van der Waals surface area contributed by atoms with Gasteiger partial charge in [0.05, 0.1) is 0 Å². The number of phosphoric acid groups is 1. The van der Waals surface area contributed by atoms with Crippen LogP contribution in [-0.2, 0) is 25.4 Å². The van der Waals surface area contributed by atoms with Crippen LogP contribution in [0.3, 0.4) is 0 Å². The monoisotopic (exact) mass is 403 g/mol. The molecule has 148 valence electrons. The van der Waals surface area contributed by atoms with E-state index in [4.69, 9.17) is 40.3 Å². The number of aromatic hydroxyl groups is 2. The molecule has 0 fully saturated rings. The van der Waals surface area contributed by atoms with Gasteiger partial charge in [0.15, 0.2) is 23.1 Å². The van der Waals surface area contributed by atoms with Crippen molar-refractivity contribution < 1.29 is 48.9 Å². The summed E-state index contributed by atoms with van der Waals surface area (Å²) in [4.78, 5) is 52.5. The molecule has 27 heavy (non-hydrogen) atoms. The minimum absolute atomic E-state index is 0.114. The molecule has 0 aromatic heterocycles. The number of ketones is 2. The van der Waals surface area contributed by atoms with E-state index < -0.39 is 19.8 Å². The molecule has 12 heteroatoms. The number of aliphatic carboxylic acids is 1. The number of phenolic OH excluding ortho intramolecular Hbond substituents is 2. The summed E-state index contributed by atoms with van der Waals surface area (Å²) < 4.78 is 8.88. The summed E-state index contributed by atoms with van der Waals surface area (Å²) in [5.41, 5.74) is 5.86. The van der Waals surface area contributed by atoms with Gasteiger partial charge in [-0.15, -0.1) is 0 Å². The lowest BCUT2D eigenvalue weighted by Gasteiger charge is -2.06. The molecule has 8 N–H and O–H groups in total. The molecule has 1 atom stereocenters. The zero-order valence-corrected chi connectivity index (χ0v) is 14.6. The van der Waals surface area contributed by atoms with Crippen LogP contribution in [-0.4, -0.2) is 53.6 Å². The van der Waals surface area contributed by atoms with Crippen molar-refractivity contribution in [1.29, 1.82) is 0 Å². The maximum Gasteiger partial charge on any atom is 0.466 e. The Kier molecular flexibility index (Phi) is 9.86. The Hall–Kier alpha value is -2.82. The van der Waals surface area contributed by atoms with Crippen LogP contribution < -0.4 is 5.73 Å². The highest BCUT2D eigenvalue weighted by Crippen LogP contribution is 2.26. The van der Waals surface area contributed by atoms with Gasteiger partial charge in [-0.2, -0.15) is 0 Å². The first-order valence-corrected chi connectivity index (χ1v) is 8.57. The Morgan fingerprint density at radius 2 is 1.37 bits per heavy atom. The van der Waals surface area contributed by atoms with Gasteiger partial charge in [0.25, 0.3) is 0 Å². The van der Waals surface area contributed by atoms with E-state index in [2.05, 4.69) is 0 Å². The van der Waals surface area contributed by atoms with Gasteiger partial charge in [0.2, 0.25) is 0 Å². The lowest BCUT2D eigenvalue weighted by molar-refractivity contribution is -0.138. The van der Waals surface area contributed by atoms with Gasteiger partial charge in [-0.3, -0.25) is 14.4 Å². The summed E-state index contributed by atoms with van der Waals surface area (Å²) in [6.45, 7) is 0. The van der Waals surface area contributed by atoms with E-state index in [0.717, 1.165) is 0 Å². The molecule has 1 aromatic rings. The molecule has 0 heterocycles. The second kappa shape index (κ2) is 11.0. The number of hydrogen-bond acceptors (Lipinski definition) is 7. The van der Waals surface area contributed by atoms with Crippen molar-refractivity contribution in [1.82, 2.24) is 0 Å². The van der Waals surface area contributed by atoms with E-state index in [-0.39, 0.29) is 29.5 Å². The van der Waals surface area contributed by atoms with Crippen LogP contribution in [0.4, 0.5) is 0 Å². The SMILES string of the molecule is NC(Cc1ccc(O)c(O)c1)C(=O)O.O=C1C=CC(=O)C=C1.O=P(O)(O)O. The topological polar surface area (TPSA) is 216 Å². The van der Waals surface area contributed by atoms with E-state index >= 15 is 0 Å². The molecule has 0 radical (unpaired) electrons. The summed E-state index contributed by atoms with van der Waals surface area (Å²) in [6, 6.07) is 3.09. The van der Waals surface area contributed by atoms with Gasteiger partial charge in [0, 0.05) is 0 Å². The third-order valence-corrected chi connectivity index (χ3v) is 2.64. The Balaban J connectivity index is 0.000000437. The van der Waals surface area contributed by atoms with Gasteiger partial charge < -0.3 is 35.7 Å². The average molecular weight is 403 g/mol. The first-order chi connectivity index (χ1) is 12.3. The Bertz CT molecular complexity index is 750. The zero-order valence-electron chi connectivity index (χ0n) is 13.7. The van der Waals surface area contributed by atoms with Crippen molar-refractivity contribution in [3.05, 3.63) is 48.1 Å². The number of rotatable bonds is 3. The quantitative estimate of drug-likeness (QED) is 0.191. The van der Waals surface area contributed by atoms with E-state index in [1.807, 2.05) is 0 Å².